The minimum Gasteiger partial charge on any atom is -0.496 e. The molecule has 4 heteroatoms. The molecule has 1 N–H and O–H groups in total. The smallest absolute Gasteiger partial charge is 0.123 e. The monoisotopic (exact) mass is 305 g/mol. The molecule has 1 atom stereocenters. The molecule has 0 saturated heterocycles. The first-order chi connectivity index (χ1) is 10.0. The highest BCUT2D eigenvalue weighted by Crippen LogP contribution is 2.30. The van der Waals surface area contributed by atoms with Gasteiger partial charge in [0, 0.05) is 19.2 Å². The van der Waals surface area contributed by atoms with E-state index in [2.05, 4.69) is 4.90 Å². The first kappa shape index (κ1) is 15.7. The van der Waals surface area contributed by atoms with Gasteiger partial charge in [-0.05, 0) is 30.7 Å². The minimum atomic E-state index is -0.518. The van der Waals surface area contributed by atoms with Crippen LogP contribution in [0, 0.1) is 0 Å². The maximum atomic E-state index is 9.59. The summed E-state index contributed by atoms with van der Waals surface area (Å²) in [4.78, 5) is 2.06. The van der Waals surface area contributed by atoms with Crippen molar-refractivity contribution < 1.29 is 9.84 Å². The van der Waals surface area contributed by atoms with Crippen LogP contribution >= 0.6 is 11.6 Å². The van der Waals surface area contributed by atoms with Crippen LogP contribution in [0.25, 0.3) is 0 Å². The lowest BCUT2D eigenvalue weighted by atomic mass is 10.1. The Balaban J connectivity index is 2.22. The molecular weight excluding hydrogens is 286 g/mol. The molecule has 0 aliphatic carbocycles. The second kappa shape index (κ2) is 6.83. The second-order valence-electron chi connectivity index (χ2n) is 5.05. The Morgan fingerprint density at radius 3 is 2.57 bits per heavy atom. The van der Waals surface area contributed by atoms with Gasteiger partial charge in [-0.1, -0.05) is 35.9 Å². The van der Waals surface area contributed by atoms with Crippen molar-refractivity contribution in [1.82, 2.24) is 0 Å². The van der Waals surface area contributed by atoms with Gasteiger partial charge in [0.2, 0.25) is 0 Å². The molecular formula is C17H20ClNO2. The van der Waals surface area contributed by atoms with Crippen LogP contribution in [0.1, 0.15) is 24.2 Å². The Morgan fingerprint density at radius 1 is 1.24 bits per heavy atom. The molecule has 0 heterocycles. The van der Waals surface area contributed by atoms with Crippen molar-refractivity contribution in [3.8, 4) is 5.75 Å². The zero-order chi connectivity index (χ0) is 15.4. The maximum absolute atomic E-state index is 9.59. The van der Waals surface area contributed by atoms with Crippen molar-refractivity contribution in [3.63, 3.8) is 0 Å². The van der Waals surface area contributed by atoms with Crippen LogP contribution in [0.3, 0.4) is 0 Å². The molecule has 2 rings (SSSR count). The molecule has 0 saturated carbocycles. The number of para-hydroxylation sites is 1. The number of hydrogen-bond acceptors (Lipinski definition) is 3. The summed E-state index contributed by atoms with van der Waals surface area (Å²) in [6.07, 6.45) is -0.518. The Morgan fingerprint density at radius 2 is 1.95 bits per heavy atom. The fourth-order valence-electron chi connectivity index (χ4n) is 2.27. The summed E-state index contributed by atoms with van der Waals surface area (Å²) >= 11 is 6.32. The molecule has 0 aliphatic rings. The Bertz CT molecular complexity index is 613. The first-order valence-corrected chi connectivity index (χ1v) is 7.21. The standard InChI is InChI=1S/C17H20ClNO2/c1-12(20)13-8-9-16(15(18)10-13)19(2)11-14-6-4-5-7-17(14)21-3/h4-10,12,20H,11H2,1-3H3/t12-/m1/s1. The van der Waals surface area contributed by atoms with E-state index in [1.807, 2.05) is 43.4 Å². The van der Waals surface area contributed by atoms with Crippen molar-refractivity contribution in [2.75, 3.05) is 19.1 Å². The van der Waals surface area contributed by atoms with Crippen molar-refractivity contribution in [2.24, 2.45) is 0 Å². The highest BCUT2D eigenvalue weighted by Gasteiger charge is 2.11. The Kier molecular flexibility index (Phi) is 5.10. The summed E-state index contributed by atoms with van der Waals surface area (Å²) < 4.78 is 5.37. The van der Waals surface area contributed by atoms with Crippen LogP contribution in [0.2, 0.25) is 5.02 Å². The number of aliphatic hydroxyl groups excluding tert-OH is 1. The summed E-state index contributed by atoms with van der Waals surface area (Å²) in [6.45, 7) is 2.42. The zero-order valence-electron chi connectivity index (χ0n) is 12.5. The number of aliphatic hydroxyl groups is 1. The first-order valence-electron chi connectivity index (χ1n) is 6.83. The van der Waals surface area contributed by atoms with Crippen LogP contribution < -0.4 is 9.64 Å². The molecule has 0 bridgehead atoms. The quantitative estimate of drug-likeness (QED) is 0.905. The van der Waals surface area contributed by atoms with E-state index in [0.29, 0.717) is 11.6 Å². The number of nitrogens with zero attached hydrogens (tertiary/aromatic N) is 1. The molecule has 21 heavy (non-hydrogen) atoms. The highest BCUT2D eigenvalue weighted by atomic mass is 35.5. The molecule has 0 radical (unpaired) electrons. The van der Waals surface area contributed by atoms with Crippen molar-refractivity contribution >= 4 is 17.3 Å². The van der Waals surface area contributed by atoms with Crippen LogP contribution in [0.15, 0.2) is 42.5 Å². The van der Waals surface area contributed by atoms with Crippen LogP contribution in [-0.4, -0.2) is 19.3 Å². The molecule has 0 unspecified atom stereocenters. The van der Waals surface area contributed by atoms with E-state index < -0.39 is 6.10 Å². The van der Waals surface area contributed by atoms with E-state index in [1.54, 1.807) is 20.1 Å². The highest BCUT2D eigenvalue weighted by molar-refractivity contribution is 6.33. The third-order valence-electron chi connectivity index (χ3n) is 3.47. The number of anilines is 1. The lowest BCUT2D eigenvalue weighted by molar-refractivity contribution is 0.199. The molecule has 112 valence electrons. The predicted octanol–water partition coefficient (Wildman–Crippen LogP) is 4.04. The third-order valence-corrected chi connectivity index (χ3v) is 3.77. The van der Waals surface area contributed by atoms with E-state index in [0.717, 1.165) is 22.6 Å². The number of ether oxygens (including phenoxy) is 1. The predicted molar refractivity (Wildman–Crippen MR) is 87.2 cm³/mol. The van der Waals surface area contributed by atoms with Gasteiger partial charge < -0.3 is 14.7 Å². The number of methoxy groups -OCH3 is 1. The summed E-state index contributed by atoms with van der Waals surface area (Å²) in [5.41, 5.74) is 2.83. The zero-order valence-corrected chi connectivity index (χ0v) is 13.3. The van der Waals surface area contributed by atoms with Crippen molar-refractivity contribution in [2.45, 2.75) is 19.6 Å². The Hall–Kier alpha value is -1.71. The average Bonchev–Trinajstić information content (AvgIpc) is 2.47. The summed E-state index contributed by atoms with van der Waals surface area (Å²) in [6, 6.07) is 13.6. The number of benzene rings is 2. The van der Waals surface area contributed by atoms with Crippen LogP contribution in [-0.2, 0) is 6.54 Å². The summed E-state index contributed by atoms with van der Waals surface area (Å²) in [5.74, 6) is 0.862. The van der Waals surface area contributed by atoms with Gasteiger partial charge in [-0.2, -0.15) is 0 Å². The maximum Gasteiger partial charge on any atom is 0.123 e. The lowest BCUT2D eigenvalue weighted by Gasteiger charge is -2.22. The number of hydrogen-bond donors (Lipinski definition) is 1. The van der Waals surface area contributed by atoms with Gasteiger partial charge in [0.25, 0.3) is 0 Å². The van der Waals surface area contributed by atoms with E-state index in [9.17, 15) is 5.11 Å². The molecule has 0 aromatic heterocycles. The largest absolute Gasteiger partial charge is 0.496 e. The molecule has 2 aromatic rings. The molecule has 2 aromatic carbocycles. The van der Waals surface area contributed by atoms with Gasteiger partial charge in [0.05, 0.1) is 23.9 Å². The lowest BCUT2D eigenvalue weighted by Crippen LogP contribution is -2.17. The van der Waals surface area contributed by atoms with E-state index in [1.165, 1.54) is 0 Å². The molecule has 0 spiro atoms. The van der Waals surface area contributed by atoms with Gasteiger partial charge in [-0.15, -0.1) is 0 Å². The van der Waals surface area contributed by atoms with E-state index in [-0.39, 0.29) is 0 Å². The van der Waals surface area contributed by atoms with Gasteiger partial charge >= 0.3 is 0 Å². The number of halogens is 1. The summed E-state index contributed by atoms with van der Waals surface area (Å²) in [7, 11) is 3.65. The topological polar surface area (TPSA) is 32.7 Å². The molecule has 3 nitrogen and oxygen atoms in total. The van der Waals surface area contributed by atoms with Crippen molar-refractivity contribution in [3.05, 3.63) is 58.6 Å². The fourth-order valence-corrected chi connectivity index (χ4v) is 2.60. The molecule has 0 fully saturated rings. The van der Waals surface area contributed by atoms with Gasteiger partial charge in [0.1, 0.15) is 5.75 Å². The third kappa shape index (κ3) is 3.69. The summed E-state index contributed by atoms with van der Waals surface area (Å²) in [5, 5.41) is 10.2. The van der Waals surface area contributed by atoms with Crippen LogP contribution in [0.4, 0.5) is 5.69 Å². The Labute approximate surface area is 130 Å². The molecule has 0 amide bonds. The van der Waals surface area contributed by atoms with E-state index in [4.69, 9.17) is 16.3 Å². The van der Waals surface area contributed by atoms with Gasteiger partial charge in [-0.3, -0.25) is 0 Å². The fraction of sp³-hybridized carbons (Fsp3) is 0.294. The van der Waals surface area contributed by atoms with Gasteiger partial charge in [-0.25, -0.2) is 0 Å². The number of rotatable bonds is 5. The second-order valence-corrected chi connectivity index (χ2v) is 5.46. The SMILES string of the molecule is COc1ccccc1CN(C)c1ccc([C@@H](C)O)cc1Cl. The average molecular weight is 306 g/mol. The van der Waals surface area contributed by atoms with Crippen LogP contribution in [0.5, 0.6) is 5.75 Å². The van der Waals surface area contributed by atoms with Gasteiger partial charge in [0.15, 0.2) is 0 Å². The minimum absolute atomic E-state index is 0.518. The van der Waals surface area contributed by atoms with Crippen molar-refractivity contribution in [1.29, 1.82) is 0 Å². The molecule has 0 aliphatic heterocycles. The normalized spacial score (nSPS) is 12.0. The van der Waals surface area contributed by atoms with E-state index >= 15 is 0 Å².